The van der Waals surface area contributed by atoms with Crippen LogP contribution in [0.5, 0.6) is 0 Å². The van der Waals surface area contributed by atoms with Crippen molar-refractivity contribution in [3.05, 3.63) is 22.4 Å². The summed E-state index contributed by atoms with van der Waals surface area (Å²) < 4.78 is 5.53. The molecule has 1 saturated heterocycles. The van der Waals surface area contributed by atoms with E-state index in [9.17, 15) is 4.79 Å². The monoisotopic (exact) mass is 296 g/mol. The van der Waals surface area contributed by atoms with E-state index in [-0.39, 0.29) is 5.91 Å². The molecule has 0 spiro atoms. The number of rotatable bonds is 6. The van der Waals surface area contributed by atoms with Gasteiger partial charge in [0, 0.05) is 18.5 Å². The van der Waals surface area contributed by atoms with Gasteiger partial charge < -0.3 is 15.4 Å². The Balaban J connectivity index is 1.81. The molecule has 4 nitrogen and oxygen atoms in total. The molecule has 112 valence electrons. The highest BCUT2D eigenvalue weighted by atomic mass is 32.1. The molecule has 1 aromatic heterocycles. The number of hydrogen-bond acceptors (Lipinski definition) is 4. The van der Waals surface area contributed by atoms with Gasteiger partial charge in [0.25, 0.3) is 5.91 Å². The number of carbonyl (C=O) groups is 1. The van der Waals surface area contributed by atoms with Crippen LogP contribution in [-0.2, 0) is 16.0 Å². The van der Waals surface area contributed by atoms with Gasteiger partial charge in [-0.15, -0.1) is 11.3 Å². The molecule has 5 heteroatoms. The van der Waals surface area contributed by atoms with E-state index in [2.05, 4.69) is 35.1 Å². The highest BCUT2D eigenvalue weighted by molar-refractivity contribution is 7.09. The molecule has 0 saturated carbocycles. The Bertz CT molecular complexity index is 414. The SMILES string of the molecule is COC1(C(=O)NCC(C)Cc2cccs2)CCNCC1. The Hall–Kier alpha value is -0.910. The van der Waals surface area contributed by atoms with Gasteiger partial charge in [0.05, 0.1) is 0 Å². The van der Waals surface area contributed by atoms with Crippen LogP contribution >= 0.6 is 11.3 Å². The molecule has 1 unspecified atom stereocenters. The molecule has 1 aliphatic heterocycles. The van der Waals surface area contributed by atoms with Crippen molar-refractivity contribution in [3.8, 4) is 0 Å². The zero-order valence-electron chi connectivity index (χ0n) is 12.3. The van der Waals surface area contributed by atoms with E-state index in [1.165, 1.54) is 4.88 Å². The number of piperidine rings is 1. The summed E-state index contributed by atoms with van der Waals surface area (Å²) in [4.78, 5) is 13.8. The highest BCUT2D eigenvalue weighted by Gasteiger charge is 2.39. The smallest absolute Gasteiger partial charge is 0.252 e. The van der Waals surface area contributed by atoms with Crippen LogP contribution in [-0.4, -0.2) is 38.3 Å². The Labute approximate surface area is 124 Å². The van der Waals surface area contributed by atoms with Crippen LogP contribution in [0.4, 0.5) is 0 Å². The number of methoxy groups -OCH3 is 1. The van der Waals surface area contributed by atoms with E-state index >= 15 is 0 Å². The quantitative estimate of drug-likeness (QED) is 0.842. The first-order chi connectivity index (χ1) is 9.66. The summed E-state index contributed by atoms with van der Waals surface area (Å²) in [5.74, 6) is 0.479. The van der Waals surface area contributed by atoms with Crippen LogP contribution in [0.25, 0.3) is 0 Å². The standard InChI is InChI=1S/C15H24N2O2S/c1-12(10-13-4-3-9-20-13)11-17-14(18)15(19-2)5-7-16-8-6-15/h3-4,9,12,16H,5-8,10-11H2,1-2H3,(H,17,18). The molecular formula is C15H24N2O2S. The topological polar surface area (TPSA) is 50.4 Å². The highest BCUT2D eigenvalue weighted by Crippen LogP contribution is 2.22. The van der Waals surface area contributed by atoms with Crippen LogP contribution < -0.4 is 10.6 Å². The Morgan fingerprint density at radius 2 is 2.30 bits per heavy atom. The van der Waals surface area contributed by atoms with Gasteiger partial charge in [0.2, 0.25) is 0 Å². The van der Waals surface area contributed by atoms with Gasteiger partial charge >= 0.3 is 0 Å². The zero-order chi connectivity index (χ0) is 14.4. The van der Waals surface area contributed by atoms with Gasteiger partial charge in [-0.05, 0) is 49.7 Å². The molecule has 0 bridgehead atoms. The molecule has 1 amide bonds. The summed E-state index contributed by atoms with van der Waals surface area (Å²) in [6.07, 6.45) is 2.50. The molecule has 0 radical (unpaired) electrons. The number of carbonyl (C=O) groups excluding carboxylic acids is 1. The van der Waals surface area contributed by atoms with Crippen LogP contribution in [0, 0.1) is 5.92 Å². The van der Waals surface area contributed by atoms with Crippen molar-refractivity contribution in [3.63, 3.8) is 0 Å². The first-order valence-corrected chi connectivity index (χ1v) is 8.11. The van der Waals surface area contributed by atoms with Crippen molar-refractivity contribution in [2.45, 2.75) is 31.8 Å². The normalized spacial score (nSPS) is 19.5. The van der Waals surface area contributed by atoms with Gasteiger partial charge in [-0.25, -0.2) is 0 Å². The Morgan fingerprint density at radius 1 is 1.55 bits per heavy atom. The Kier molecular flexibility index (Phi) is 5.57. The van der Waals surface area contributed by atoms with Crippen LogP contribution in [0.3, 0.4) is 0 Å². The summed E-state index contributed by atoms with van der Waals surface area (Å²) in [6, 6.07) is 4.21. The molecule has 2 rings (SSSR count). The third kappa shape index (κ3) is 3.81. The number of nitrogens with one attached hydrogen (secondary N) is 2. The molecule has 20 heavy (non-hydrogen) atoms. The molecule has 1 aliphatic rings. The predicted molar refractivity (Wildman–Crippen MR) is 82.0 cm³/mol. The van der Waals surface area contributed by atoms with E-state index in [4.69, 9.17) is 4.74 Å². The van der Waals surface area contributed by atoms with E-state index in [1.54, 1.807) is 18.4 Å². The summed E-state index contributed by atoms with van der Waals surface area (Å²) in [5.41, 5.74) is -0.631. The fourth-order valence-corrected chi connectivity index (χ4v) is 3.50. The molecule has 1 aromatic rings. The Morgan fingerprint density at radius 3 is 2.90 bits per heavy atom. The zero-order valence-corrected chi connectivity index (χ0v) is 13.1. The second-order valence-electron chi connectivity index (χ2n) is 5.55. The van der Waals surface area contributed by atoms with Crippen molar-refractivity contribution < 1.29 is 9.53 Å². The molecule has 0 aliphatic carbocycles. The molecule has 2 N–H and O–H groups in total. The van der Waals surface area contributed by atoms with Crippen LogP contribution in [0.2, 0.25) is 0 Å². The van der Waals surface area contributed by atoms with Crippen molar-refractivity contribution >= 4 is 17.2 Å². The van der Waals surface area contributed by atoms with E-state index in [1.807, 2.05) is 0 Å². The predicted octanol–water partition coefficient (Wildman–Crippen LogP) is 1.81. The molecule has 2 heterocycles. The molecule has 0 aromatic carbocycles. The van der Waals surface area contributed by atoms with Crippen LogP contribution in [0.1, 0.15) is 24.6 Å². The lowest BCUT2D eigenvalue weighted by atomic mass is 9.91. The van der Waals surface area contributed by atoms with Crippen molar-refractivity contribution in [1.82, 2.24) is 10.6 Å². The van der Waals surface area contributed by atoms with E-state index < -0.39 is 5.60 Å². The molecule has 1 fully saturated rings. The summed E-state index contributed by atoms with van der Waals surface area (Å²) in [6.45, 7) is 4.55. The maximum Gasteiger partial charge on any atom is 0.252 e. The maximum atomic E-state index is 12.4. The lowest BCUT2D eigenvalue weighted by Gasteiger charge is -2.35. The van der Waals surface area contributed by atoms with Crippen molar-refractivity contribution in [2.24, 2.45) is 5.92 Å². The van der Waals surface area contributed by atoms with Crippen molar-refractivity contribution in [2.75, 3.05) is 26.7 Å². The summed E-state index contributed by atoms with van der Waals surface area (Å²) in [7, 11) is 1.64. The van der Waals surface area contributed by atoms with E-state index in [0.29, 0.717) is 12.5 Å². The lowest BCUT2D eigenvalue weighted by Crippen LogP contribution is -2.54. The first kappa shape index (κ1) is 15.5. The largest absolute Gasteiger partial charge is 0.368 e. The number of thiophene rings is 1. The minimum absolute atomic E-state index is 0.0412. The number of hydrogen-bond donors (Lipinski definition) is 2. The third-order valence-electron chi connectivity index (χ3n) is 3.96. The van der Waals surface area contributed by atoms with Crippen LogP contribution in [0.15, 0.2) is 17.5 Å². The first-order valence-electron chi connectivity index (χ1n) is 7.23. The molecular weight excluding hydrogens is 272 g/mol. The van der Waals surface area contributed by atoms with Gasteiger partial charge in [0.1, 0.15) is 5.60 Å². The minimum Gasteiger partial charge on any atom is -0.368 e. The van der Waals surface area contributed by atoms with Gasteiger partial charge in [-0.1, -0.05) is 13.0 Å². The maximum absolute atomic E-state index is 12.4. The third-order valence-corrected chi connectivity index (χ3v) is 4.86. The fraction of sp³-hybridized carbons (Fsp3) is 0.667. The number of ether oxygens (including phenoxy) is 1. The average Bonchev–Trinajstić information content (AvgIpc) is 2.98. The van der Waals surface area contributed by atoms with Gasteiger partial charge in [-0.3, -0.25) is 4.79 Å². The second kappa shape index (κ2) is 7.20. The summed E-state index contributed by atoms with van der Waals surface area (Å²) >= 11 is 1.77. The molecule has 1 atom stereocenters. The lowest BCUT2D eigenvalue weighted by molar-refractivity contribution is -0.146. The van der Waals surface area contributed by atoms with E-state index in [0.717, 1.165) is 32.4 Å². The van der Waals surface area contributed by atoms with Gasteiger partial charge in [0.15, 0.2) is 0 Å². The van der Waals surface area contributed by atoms with Crippen molar-refractivity contribution in [1.29, 1.82) is 0 Å². The second-order valence-corrected chi connectivity index (χ2v) is 6.58. The number of amides is 1. The minimum atomic E-state index is -0.631. The van der Waals surface area contributed by atoms with Gasteiger partial charge in [-0.2, -0.15) is 0 Å². The fourth-order valence-electron chi connectivity index (χ4n) is 2.63. The average molecular weight is 296 g/mol. The summed E-state index contributed by atoms with van der Waals surface area (Å²) in [5, 5.41) is 8.43.